The van der Waals surface area contributed by atoms with E-state index in [-0.39, 0.29) is 29.7 Å². The van der Waals surface area contributed by atoms with Gasteiger partial charge in [0.2, 0.25) is 0 Å². The molecule has 9 heteroatoms. The second-order valence-corrected chi connectivity index (χ2v) is 12.8. The summed E-state index contributed by atoms with van der Waals surface area (Å²) in [5, 5.41) is 7.91. The summed E-state index contributed by atoms with van der Waals surface area (Å²) >= 11 is 15.0. The van der Waals surface area contributed by atoms with Crippen LogP contribution in [0.4, 0.5) is 4.79 Å². The molecule has 1 fully saturated rings. The van der Waals surface area contributed by atoms with Gasteiger partial charge in [-0.3, -0.25) is 0 Å². The van der Waals surface area contributed by atoms with Crippen LogP contribution >= 0.6 is 35.0 Å². The van der Waals surface area contributed by atoms with E-state index < -0.39 is 23.7 Å². The maximum Gasteiger partial charge on any atom is 0.408 e. The normalized spacial score (nSPS) is 23.3. The number of ether oxygens (including phenoxy) is 2. The zero-order chi connectivity index (χ0) is 28.2. The van der Waals surface area contributed by atoms with Crippen molar-refractivity contribution in [1.29, 1.82) is 0 Å². The first kappa shape index (κ1) is 29.5. The van der Waals surface area contributed by atoms with Crippen molar-refractivity contribution in [3.8, 4) is 0 Å². The number of rotatable bonds is 7. The second kappa shape index (κ2) is 12.8. The highest BCUT2D eigenvalue weighted by atomic mass is 35.5. The van der Waals surface area contributed by atoms with E-state index >= 15 is 0 Å². The summed E-state index contributed by atoms with van der Waals surface area (Å²) in [4.78, 5) is 26.2. The van der Waals surface area contributed by atoms with Crippen LogP contribution in [0, 0.1) is 5.92 Å². The molecule has 5 atom stereocenters. The van der Waals surface area contributed by atoms with Gasteiger partial charge in [0.25, 0.3) is 0 Å². The van der Waals surface area contributed by atoms with Gasteiger partial charge in [0.1, 0.15) is 11.6 Å². The first-order chi connectivity index (χ1) is 18.5. The molecule has 1 aliphatic heterocycles. The van der Waals surface area contributed by atoms with Crippen molar-refractivity contribution in [3.63, 3.8) is 0 Å². The van der Waals surface area contributed by atoms with Gasteiger partial charge in [-0.1, -0.05) is 65.7 Å². The number of halogens is 2. The first-order valence-electron chi connectivity index (χ1n) is 12.9. The van der Waals surface area contributed by atoms with Gasteiger partial charge in [0.15, 0.2) is 0 Å². The van der Waals surface area contributed by atoms with E-state index in [4.69, 9.17) is 32.7 Å². The lowest BCUT2D eigenvalue weighted by molar-refractivity contribution is -0.143. The van der Waals surface area contributed by atoms with Gasteiger partial charge >= 0.3 is 12.1 Å². The van der Waals surface area contributed by atoms with Crippen molar-refractivity contribution < 1.29 is 19.1 Å². The average molecular weight is 590 g/mol. The Balaban J connectivity index is 1.58. The molecular formula is C30H34Cl2N2O4S. The molecule has 0 saturated carbocycles. The fourth-order valence-corrected chi connectivity index (χ4v) is 6.98. The number of nitrogens with one attached hydrogen (secondary N) is 2. The number of hydrogen-bond acceptors (Lipinski definition) is 6. The molecule has 208 valence electrons. The molecule has 2 aromatic carbocycles. The van der Waals surface area contributed by atoms with E-state index in [2.05, 4.69) is 34.9 Å². The zero-order valence-electron chi connectivity index (χ0n) is 22.4. The van der Waals surface area contributed by atoms with Crippen molar-refractivity contribution in [3.05, 3.63) is 87.9 Å². The number of esters is 1. The molecule has 1 amide bonds. The molecule has 2 N–H and O–H groups in total. The molecule has 0 bridgehead atoms. The van der Waals surface area contributed by atoms with Crippen LogP contribution in [0.5, 0.6) is 0 Å². The van der Waals surface area contributed by atoms with E-state index in [0.717, 1.165) is 17.6 Å². The minimum absolute atomic E-state index is 0.0232. The van der Waals surface area contributed by atoms with Gasteiger partial charge in [-0.25, -0.2) is 9.59 Å². The van der Waals surface area contributed by atoms with Crippen LogP contribution in [0.25, 0.3) is 0 Å². The number of allylic oxidation sites excluding steroid dienone is 1. The lowest BCUT2D eigenvalue weighted by atomic mass is 9.80. The molecular weight excluding hydrogens is 555 g/mol. The summed E-state index contributed by atoms with van der Waals surface area (Å²) in [6, 6.07) is 15.0. The van der Waals surface area contributed by atoms with Gasteiger partial charge in [0, 0.05) is 50.2 Å². The minimum atomic E-state index is -0.872. The molecule has 6 nitrogen and oxygen atoms in total. The van der Waals surface area contributed by atoms with Gasteiger partial charge in [-0.05, 0) is 57.0 Å². The van der Waals surface area contributed by atoms with E-state index in [1.807, 2.05) is 54.2 Å². The number of piperidine rings is 1. The molecule has 0 spiro atoms. The number of methoxy groups -OCH3 is 1. The average Bonchev–Trinajstić information content (AvgIpc) is 2.87. The Kier molecular flexibility index (Phi) is 9.70. The molecule has 5 unspecified atom stereocenters. The second-order valence-electron chi connectivity index (χ2n) is 10.7. The quantitative estimate of drug-likeness (QED) is 0.335. The highest BCUT2D eigenvalue weighted by Crippen LogP contribution is 2.45. The molecule has 4 rings (SSSR count). The molecule has 0 radical (unpaired) electrons. The molecule has 2 aromatic rings. The fourth-order valence-electron chi connectivity index (χ4n) is 4.96. The molecule has 39 heavy (non-hydrogen) atoms. The van der Waals surface area contributed by atoms with Crippen LogP contribution in [-0.2, 0) is 14.3 Å². The van der Waals surface area contributed by atoms with E-state index in [1.54, 1.807) is 20.8 Å². The highest BCUT2D eigenvalue weighted by molar-refractivity contribution is 8.00. The third-order valence-electron chi connectivity index (χ3n) is 6.63. The number of carbonyl (C=O) groups excluding carboxylic acids is 2. The monoisotopic (exact) mass is 588 g/mol. The third kappa shape index (κ3) is 7.82. The van der Waals surface area contributed by atoms with E-state index in [0.29, 0.717) is 10.0 Å². The van der Waals surface area contributed by atoms with Gasteiger partial charge in [-0.15, -0.1) is 11.8 Å². The number of amides is 1. The topological polar surface area (TPSA) is 76.7 Å². The smallest absolute Gasteiger partial charge is 0.408 e. The van der Waals surface area contributed by atoms with Crippen LogP contribution in [0.1, 0.15) is 45.2 Å². The molecule has 1 heterocycles. The van der Waals surface area contributed by atoms with Crippen LogP contribution in [0.15, 0.2) is 77.2 Å². The van der Waals surface area contributed by atoms with Crippen molar-refractivity contribution in [1.82, 2.24) is 10.6 Å². The standard InChI is InChI=1S/C30H34Cl2N2O4S/c1-30(2,3)38-29(36)34-25(28(35)37-4)16-18-13-14-23-20(15-18)26(39-19-9-6-5-7-10-19)17-24(33-23)27-21(31)11-8-12-22(27)32/h5-15,20,23-26,33H,16-17H2,1-4H3,(H,34,36). The van der Waals surface area contributed by atoms with Crippen LogP contribution in [0.3, 0.4) is 0 Å². The molecule has 2 aliphatic rings. The van der Waals surface area contributed by atoms with Crippen molar-refractivity contribution >= 4 is 47.0 Å². The maximum absolute atomic E-state index is 12.6. The predicted molar refractivity (Wildman–Crippen MR) is 157 cm³/mol. The maximum atomic E-state index is 12.6. The Labute approximate surface area is 244 Å². The van der Waals surface area contributed by atoms with Gasteiger partial charge in [-0.2, -0.15) is 0 Å². The zero-order valence-corrected chi connectivity index (χ0v) is 24.8. The van der Waals surface area contributed by atoms with Crippen molar-refractivity contribution in [2.45, 2.75) is 67.5 Å². The molecule has 1 aliphatic carbocycles. The summed E-state index contributed by atoms with van der Waals surface area (Å²) in [7, 11) is 1.31. The first-order valence-corrected chi connectivity index (χ1v) is 14.6. The summed E-state index contributed by atoms with van der Waals surface area (Å²) < 4.78 is 10.3. The van der Waals surface area contributed by atoms with Crippen molar-refractivity contribution in [2.24, 2.45) is 5.92 Å². The summed E-state index contributed by atoms with van der Waals surface area (Å²) in [5.41, 5.74) is 1.17. The number of carbonyl (C=O) groups is 2. The Hall–Kier alpha value is -2.45. The highest BCUT2D eigenvalue weighted by Gasteiger charge is 2.39. The largest absolute Gasteiger partial charge is 0.467 e. The van der Waals surface area contributed by atoms with Crippen molar-refractivity contribution in [2.75, 3.05) is 7.11 Å². The minimum Gasteiger partial charge on any atom is -0.467 e. The number of thioether (sulfide) groups is 1. The molecule has 0 aromatic heterocycles. The Morgan fingerprint density at radius 1 is 1.10 bits per heavy atom. The van der Waals surface area contributed by atoms with Crippen LogP contribution in [-0.4, -0.2) is 42.1 Å². The fraction of sp³-hybridized carbons (Fsp3) is 0.400. The van der Waals surface area contributed by atoms with E-state index in [9.17, 15) is 9.59 Å². The SMILES string of the molecule is COC(=O)C(CC1=CC2C(C=C1)NC(c1c(Cl)cccc1Cl)CC2Sc1ccccc1)NC(=O)OC(C)(C)C. The lowest BCUT2D eigenvalue weighted by Crippen LogP contribution is -2.49. The Morgan fingerprint density at radius 2 is 1.79 bits per heavy atom. The number of benzene rings is 2. The van der Waals surface area contributed by atoms with Crippen LogP contribution in [0.2, 0.25) is 10.0 Å². The van der Waals surface area contributed by atoms with Crippen LogP contribution < -0.4 is 10.6 Å². The van der Waals surface area contributed by atoms with Gasteiger partial charge < -0.3 is 20.1 Å². The Morgan fingerprint density at radius 3 is 2.44 bits per heavy atom. The third-order valence-corrected chi connectivity index (χ3v) is 8.64. The number of hydrogen-bond donors (Lipinski definition) is 2. The summed E-state index contributed by atoms with van der Waals surface area (Å²) in [5.74, 6) is -0.393. The predicted octanol–water partition coefficient (Wildman–Crippen LogP) is 7.13. The lowest BCUT2D eigenvalue weighted by Gasteiger charge is -2.43. The summed E-state index contributed by atoms with van der Waals surface area (Å²) in [6.45, 7) is 5.32. The molecule has 1 saturated heterocycles. The number of fused-ring (bicyclic) bond motifs is 1. The summed E-state index contributed by atoms with van der Waals surface area (Å²) in [6.07, 6.45) is 6.76. The number of alkyl carbamates (subject to hydrolysis) is 1. The van der Waals surface area contributed by atoms with Gasteiger partial charge in [0.05, 0.1) is 7.11 Å². The Bertz CT molecular complexity index is 1230. The van der Waals surface area contributed by atoms with E-state index in [1.165, 1.54) is 12.0 Å².